The van der Waals surface area contributed by atoms with Crippen molar-refractivity contribution in [1.29, 1.82) is 0 Å². The van der Waals surface area contributed by atoms with Crippen LogP contribution in [0.3, 0.4) is 0 Å². The molecule has 1 saturated carbocycles. The predicted molar refractivity (Wildman–Crippen MR) is 69.8 cm³/mol. The van der Waals surface area contributed by atoms with Gasteiger partial charge in [0.1, 0.15) is 0 Å². The van der Waals surface area contributed by atoms with Gasteiger partial charge in [-0.25, -0.2) is 0 Å². The summed E-state index contributed by atoms with van der Waals surface area (Å²) in [4.78, 5) is 13.3. The molecule has 4 heteroatoms. The average Bonchev–Trinajstić information content (AvgIpc) is 2.70. The fourth-order valence-corrected chi connectivity index (χ4v) is 4.44. The zero-order valence-electron chi connectivity index (χ0n) is 8.75. The highest BCUT2D eigenvalue weighted by Crippen LogP contribution is 2.51. The van der Waals surface area contributed by atoms with Gasteiger partial charge in [-0.15, -0.1) is 11.8 Å². The van der Waals surface area contributed by atoms with Gasteiger partial charge in [-0.1, -0.05) is 28.8 Å². The van der Waals surface area contributed by atoms with E-state index in [1.807, 2.05) is 12.1 Å². The van der Waals surface area contributed by atoms with Gasteiger partial charge in [0.15, 0.2) is 0 Å². The van der Waals surface area contributed by atoms with Gasteiger partial charge in [-0.2, -0.15) is 0 Å². The summed E-state index contributed by atoms with van der Waals surface area (Å²) in [5.74, 6) is 0.199. The molecule has 1 amide bonds. The second-order valence-electron chi connectivity index (χ2n) is 4.40. The van der Waals surface area contributed by atoms with Crippen LogP contribution in [0.2, 0.25) is 0 Å². The van der Waals surface area contributed by atoms with Gasteiger partial charge in [-0.05, 0) is 31.0 Å². The number of hydrogen-bond donors (Lipinski definition) is 1. The van der Waals surface area contributed by atoms with Crippen molar-refractivity contribution in [3.63, 3.8) is 0 Å². The molecule has 1 aliphatic carbocycles. The highest BCUT2D eigenvalue weighted by molar-refractivity contribution is 9.10. The lowest BCUT2D eigenvalue weighted by Crippen LogP contribution is -2.40. The zero-order chi connectivity index (χ0) is 11.2. The average molecular weight is 298 g/mol. The number of halogens is 1. The minimum Gasteiger partial charge on any atom is -0.324 e. The third-order valence-electron chi connectivity index (χ3n) is 3.32. The summed E-state index contributed by atoms with van der Waals surface area (Å²) in [7, 11) is 0. The number of carbonyl (C=O) groups excluding carboxylic acids is 1. The Morgan fingerprint density at radius 2 is 2.06 bits per heavy atom. The van der Waals surface area contributed by atoms with E-state index in [4.69, 9.17) is 0 Å². The highest BCUT2D eigenvalue weighted by Gasteiger charge is 2.45. The van der Waals surface area contributed by atoms with Crippen molar-refractivity contribution in [2.24, 2.45) is 0 Å². The van der Waals surface area contributed by atoms with Crippen LogP contribution in [0.4, 0.5) is 5.69 Å². The van der Waals surface area contributed by atoms with E-state index in [2.05, 4.69) is 27.3 Å². The molecule has 1 aliphatic heterocycles. The van der Waals surface area contributed by atoms with Crippen molar-refractivity contribution in [3.8, 4) is 0 Å². The molecule has 1 heterocycles. The smallest absolute Gasteiger partial charge is 0.241 e. The maximum atomic E-state index is 12.1. The first-order valence-electron chi connectivity index (χ1n) is 5.50. The fraction of sp³-hybridized carbons (Fsp3) is 0.417. The molecule has 84 valence electrons. The quantitative estimate of drug-likeness (QED) is 0.789. The van der Waals surface area contributed by atoms with Crippen LogP contribution in [0.15, 0.2) is 27.6 Å². The van der Waals surface area contributed by atoms with Crippen LogP contribution in [-0.4, -0.2) is 10.7 Å². The lowest BCUT2D eigenvalue weighted by Gasteiger charge is -2.32. The number of anilines is 1. The van der Waals surface area contributed by atoms with Gasteiger partial charge < -0.3 is 5.32 Å². The largest absolute Gasteiger partial charge is 0.324 e. The van der Waals surface area contributed by atoms with Gasteiger partial charge in [0.2, 0.25) is 5.91 Å². The minimum atomic E-state index is -0.187. The minimum absolute atomic E-state index is 0.187. The lowest BCUT2D eigenvalue weighted by atomic mass is 10.1. The Balaban J connectivity index is 2.02. The van der Waals surface area contributed by atoms with Gasteiger partial charge in [0.25, 0.3) is 0 Å². The first kappa shape index (κ1) is 10.7. The maximum Gasteiger partial charge on any atom is 0.241 e. The molecule has 0 unspecified atom stereocenters. The molecule has 2 aliphatic rings. The summed E-state index contributed by atoms with van der Waals surface area (Å²) in [6, 6.07) is 6.03. The Bertz CT molecular complexity index is 454. The summed E-state index contributed by atoms with van der Waals surface area (Å²) in [6.07, 6.45) is 4.36. The number of hydrogen-bond acceptors (Lipinski definition) is 2. The van der Waals surface area contributed by atoms with Crippen LogP contribution < -0.4 is 5.32 Å². The number of fused-ring (bicyclic) bond motifs is 1. The standard InChI is InChI=1S/C12H12BrNOS/c13-8-3-4-9-10(7-8)16-12(11(15)14-9)5-1-2-6-12/h3-4,7H,1-2,5-6H2,(H,14,15). The zero-order valence-corrected chi connectivity index (χ0v) is 11.2. The third-order valence-corrected chi connectivity index (χ3v) is 5.36. The molecule has 0 atom stereocenters. The number of thioether (sulfide) groups is 1. The normalized spacial score (nSPS) is 21.9. The third kappa shape index (κ3) is 1.59. The molecule has 1 N–H and O–H groups in total. The SMILES string of the molecule is O=C1Nc2ccc(Br)cc2SC12CCCC2. The Hall–Kier alpha value is -0.480. The monoisotopic (exact) mass is 297 g/mol. The second kappa shape index (κ2) is 3.77. The summed E-state index contributed by atoms with van der Waals surface area (Å²) >= 11 is 5.22. The number of benzene rings is 1. The van der Waals surface area contributed by atoms with E-state index in [9.17, 15) is 4.79 Å². The molecule has 1 aromatic rings. The van der Waals surface area contributed by atoms with Crippen molar-refractivity contribution in [1.82, 2.24) is 0 Å². The van der Waals surface area contributed by atoms with Crippen molar-refractivity contribution < 1.29 is 4.79 Å². The Morgan fingerprint density at radius 1 is 1.31 bits per heavy atom. The molecule has 1 aromatic carbocycles. The van der Waals surface area contributed by atoms with Crippen molar-refractivity contribution in [2.45, 2.75) is 35.3 Å². The molecule has 0 radical (unpaired) electrons. The molecule has 3 rings (SSSR count). The van der Waals surface area contributed by atoms with Crippen LogP contribution in [0.25, 0.3) is 0 Å². The van der Waals surface area contributed by atoms with Gasteiger partial charge in [-0.3, -0.25) is 4.79 Å². The van der Waals surface area contributed by atoms with Gasteiger partial charge in [0.05, 0.1) is 10.4 Å². The lowest BCUT2D eigenvalue weighted by molar-refractivity contribution is -0.118. The van der Waals surface area contributed by atoms with Crippen LogP contribution in [-0.2, 0) is 4.79 Å². The van der Waals surface area contributed by atoms with E-state index in [-0.39, 0.29) is 10.7 Å². The maximum absolute atomic E-state index is 12.1. The molecule has 0 saturated heterocycles. The summed E-state index contributed by atoms with van der Waals surface area (Å²) < 4.78 is 0.886. The van der Waals surface area contributed by atoms with Gasteiger partial charge in [0, 0.05) is 9.37 Å². The van der Waals surface area contributed by atoms with Crippen molar-refractivity contribution in [3.05, 3.63) is 22.7 Å². The number of nitrogens with one attached hydrogen (secondary N) is 1. The number of carbonyl (C=O) groups is 1. The summed E-state index contributed by atoms with van der Waals surface area (Å²) in [6.45, 7) is 0. The van der Waals surface area contributed by atoms with Gasteiger partial charge >= 0.3 is 0 Å². The Labute approximate surface area is 107 Å². The van der Waals surface area contributed by atoms with E-state index in [0.717, 1.165) is 23.0 Å². The van der Waals surface area contributed by atoms with E-state index in [1.165, 1.54) is 17.7 Å². The van der Waals surface area contributed by atoms with Crippen LogP contribution in [0.5, 0.6) is 0 Å². The van der Waals surface area contributed by atoms with Crippen LogP contribution in [0.1, 0.15) is 25.7 Å². The molecular weight excluding hydrogens is 286 g/mol. The number of rotatable bonds is 0. The van der Waals surface area contributed by atoms with Crippen molar-refractivity contribution in [2.75, 3.05) is 5.32 Å². The topological polar surface area (TPSA) is 29.1 Å². The Kier molecular flexibility index (Phi) is 2.51. The van der Waals surface area contributed by atoms with Crippen LogP contribution in [0, 0.1) is 0 Å². The molecule has 2 nitrogen and oxygen atoms in total. The second-order valence-corrected chi connectivity index (χ2v) is 6.74. The van der Waals surface area contributed by atoms with E-state index < -0.39 is 0 Å². The molecule has 0 aromatic heterocycles. The van der Waals surface area contributed by atoms with Crippen molar-refractivity contribution >= 4 is 39.3 Å². The highest BCUT2D eigenvalue weighted by atomic mass is 79.9. The molecular formula is C12H12BrNOS. The van der Waals surface area contributed by atoms with E-state index in [0.29, 0.717) is 0 Å². The first-order valence-corrected chi connectivity index (χ1v) is 7.11. The predicted octanol–water partition coefficient (Wildman–Crippen LogP) is 3.81. The first-order chi connectivity index (χ1) is 7.70. The van der Waals surface area contributed by atoms with E-state index >= 15 is 0 Å². The molecule has 16 heavy (non-hydrogen) atoms. The van der Waals surface area contributed by atoms with Crippen LogP contribution >= 0.6 is 27.7 Å². The summed E-state index contributed by atoms with van der Waals surface area (Å²) in [5, 5.41) is 3.04. The number of amides is 1. The fourth-order valence-electron chi connectivity index (χ4n) is 2.45. The molecule has 0 bridgehead atoms. The van der Waals surface area contributed by atoms with E-state index in [1.54, 1.807) is 11.8 Å². The Morgan fingerprint density at radius 3 is 2.81 bits per heavy atom. The molecule has 1 spiro atoms. The summed E-state index contributed by atoms with van der Waals surface area (Å²) in [5.41, 5.74) is 0.954. The molecule has 1 fully saturated rings.